The highest BCUT2D eigenvalue weighted by atomic mass is 32.2. The largest absolute Gasteiger partial charge is 0.484 e. The van der Waals surface area contributed by atoms with E-state index in [1.165, 1.54) is 15.6 Å². The zero-order chi connectivity index (χ0) is 21.6. The van der Waals surface area contributed by atoms with Gasteiger partial charge < -0.3 is 10.1 Å². The Morgan fingerprint density at radius 1 is 1.07 bits per heavy atom. The summed E-state index contributed by atoms with van der Waals surface area (Å²) < 4.78 is 32.7. The highest BCUT2D eigenvalue weighted by molar-refractivity contribution is 7.91. The molecule has 1 aromatic carbocycles. The van der Waals surface area contributed by atoms with Crippen LogP contribution in [0.4, 0.5) is 0 Å². The number of nitrogens with zero attached hydrogens (tertiary/aromatic N) is 1. The topological polar surface area (TPSA) is 92.8 Å². The van der Waals surface area contributed by atoms with Crippen molar-refractivity contribution in [2.45, 2.75) is 43.4 Å². The van der Waals surface area contributed by atoms with Gasteiger partial charge in [0.15, 0.2) is 12.4 Å². The van der Waals surface area contributed by atoms with E-state index in [9.17, 15) is 18.0 Å². The molecule has 0 aliphatic carbocycles. The normalized spacial score (nSPS) is 15.0. The first-order valence-corrected chi connectivity index (χ1v) is 12.3. The van der Waals surface area contributed by atoms with Gasteiger partial charge in [-0.2, -0.15) is 4.31 Å². The highest BCUT2D eigenvalue weighted by Gasteiger charge is 2.27. The molecule has 1 aliphatic rings. The molecule has 9 heteroatoms. The fourth-order valence-corrected chi connectivity index (χ4v) is 6.12. The van der Waals surface area contributed by atoms with Gasteiger partial charge in [0.25, 0.3) is 15.9 Å². The van der Waals surface area contributed by atoms with E-state index in [4.69, 9.17) is 4.74 Å². The zero-order valence-corrected chi connectivity index (χ0v) is 18.6. The number of amides is 1. The van der Waals surface area contributed by atoms with Gasteiger partial charge in [-0.1, -0.05) is 13.3 Å². The summed E-state index contributed by atoms with van der Waals surface area (Å²) in [4.78, 5) is 24.4. The number of nitrogens with one attached hydrogen (secondary N) is 1. The van der Waals surface area contributed by atoms with E-state index >= 15 is 0 Å². The van der Waals surface area contributed by atoms with E-state index < -0.39 is 10.0 Å². The minimum atomic E-state index is -3.45. The van der Waals surface area contributed by atoms with Crippen LogP contribution >= 0.6 is 11.3 Å². The quantitative estimate of drug-likeness (QED) is 0.592. The van der Waals surface area contributed by atoms with E-state index in [0.29, 0.717) is 35.0 Å². The summed E-state index contributed by atoms with van der Waals surface area (Å²) in [7, 11) is -3.45. The van der Waals surface area contributed by atoms with Crippen LogP contribution in [0.3, 0.4) is 0 Å². The Labute approximate surface area is 181 Å². The van der Waals surface area contributed by atoms with Crippen LogP contribution in [0.5, 0.6) is 5.75 Å². The lowest BCUT2D eigenvalue weighted by Crippen LogP contribution is -2.35. The Bertz CT molecular complexity index is 977. The van der Waals surface area contributed by atoms with Crippen LogP contribution in [0.15, 0.2) is 40.6 Å². The van der Waals surface area contributed by atoms with Crippen LogP contribution in [-0.2, 0) is 21.4 Å². The third-order valence-corrected chi connectivity index (χ3v) is 8.32. The third-order valence-electron chi connectivity index (χ3n) is 4.87. The van der Waals surface area contributed by atoms with Gasteiger partial charge in [0.05, 0.1) is 6.54 Å². The average Bonchev–Trinajstić information content (AvgIpc) is 3.26. The monoisotopic (exact) mass is 450 g/mol. The molecule has 1 amide bonds. The van der Waals surface area contributed by atoms with Crippen molar-refractivity contribution >= 4 is 33.1 Å². The van der Waals surface area contributed by atoms with Gasteiger partial charge in [-0.05, 0) is 49.2 Å². The Morgan fingerprint density at radius 2 is 1.77 bits per heavy atom. The molecule has 2 heterocycles. The van der Waals surface area contributed by atoms with Crippen molar-refractivity contribution in [1.82, 2.24) is 9.62 Å². The number of benzene rings is 1. The number of thiophene rings is 1. The second-order valence-electron chi connectivity index (χ2n) is 7.05. The smallest absolute Gasteiger partial charge is 0.258 e. The third kappa shape index (κ3) is 5.68. The minimum absolute atomic E-state index is 0.0527. The van der Waals surface area contributed by atoms with E-state index in [-0.39, 0.29) is 24.8 Å². The van der Waals surface area contributed by atoms with Crippen LogP contribution in [0.1, 0.15) is 47.8 Å². The summed E-state index contributed by atoms with van der Waals surface area (Å²) in [6.07, 6.45) is 3.29. The standard InChI is InChI=1S/C21H26N2O5S2/c1-2-19(24)16-6-8-17(9-7-16)28-15-20(25)22-14-18-10-11-21(29-18)30(26,27)23-12-4-3-5-13-23/h6-11H,2-5,12-15H2,1H3,(H,22,25). The van der Waals surface area contributed by atoms with E-state index in [0.717, 1.165) is 24.1 Å². The van der Waals surface area contributed by atoms with Crippen molar-refractivity contribution < 1.29 is 22.7 Å². The van der Waals surface area contributed by atoms with E-state index in [2.05, 4.69) is 5.32 Å². The van der Waals surface area contributed by atoms with Gasteiger partial charge in [0, 0.05) is 30.0 Å². The molecule has 30 heavy (non-hydrogen) atoms. The summed E-state index contributed by atoms with van der Waals surface area (Å²) in [5.41, 5.74) is 0.613. The predicted octanol–water partition coefficient (Wildman–Crippen LogP) is 3.21. The fraction of sp³-hybridized carbons (Fsp3) is 0.429. The molecule has 2 aromatic rings. The van der Waals surface area contributed by atoms with Crippen molar-refractivity contribution in [3.63, 3.8) is 0 Å². The van der Waals surface area contributed by atoms with Crippen molar-refractivity contribution in [3.8, 4) is 5.75 Å². The van der Waals surface area contributed by atoms with Crippen LogP contribution in [0, 0.1) is 0 Å². The number of ketones is 1. The van der Waals surface area contributed by atoms with Crippen molar-refractivity contribution in [2.75, 3.05) is 19.7 Å². The SMILES string of the molecule is CCC(=O)c1ccc(OCC(=O)NCc2ccc(S(=O)(=O)N3CCCCC3)s2)cc1. The van der Waals surface area contributed by atoms with Gasteiger partial charge in [0.1, 0.15) is 9.96 Å². The minimum Gasteiger partial charge on any atom is -0.484 e. The average molecular weight is 451 g/mol. The molecule has 1 fully saturated rings. The highest BCUT2D eigenvalue weighted by Crippen LogP contribution is 2.27. The van der Waals surface area contributed by atoms with Crippen molar-refractivity contribution in [1.29, 1.82) is 0 Å². The summed E-state index contributed by atoms with van der Waals surface area (Å²) in [6, 6.07) is 10.0. The lowest BCUT2D eigenvalue weighted by Gasteiger charge is -2.25. The lowest BCUT2D eigenvalue weighted by atomic mass is 10.1. The molecule has 0 spiro atoms. The first-order chi connectivity index (χ1) is 14.4. The van der Waals surface area contributed by atoms with E-state index in [1.54, 1.807) is 43.3 Å². The van der Waals surface area contributed by atoms with Crippen LogP contribution < -0.4 is 10.1 Å². The zero-order valence-electron chi connectivity index (χ0n) is 16.9. The maximum atomic E-state index is 12.7. The second-order valence-corrected chi connectivity index (χ2v) is 10.4. The number of piperidine rings is 1. The molecule has 3 rings (SSSR count). The Balaban J connectivity index is 1.48. The number of hydrogen-bond acceptors (Lipinski definition) is 6. The Kier molecular flexibility index (Phi) is 7.63. The maximum absolute atomic E-state index is 12.7. The summed E-state index contributed by atoms with van der Waals surface area (Å²) >= 11 is 1.18. The molecule has 0 unspecified atom stereocenters. The summed E-state index contributed by atoms with van der Waals surface area (Å²) in [5.74, 6) is 0.248. The summed E-state index contributed by atoms with van der Waals surface area (Å²) in [6.45, 7) is 3.02. The predicted molar refractivity (Wildman–Crippen MR) is 115 cm³/mol. The van der Waals surface area contributed by atoms with Crippen molar-refractivity contribution in [2.24, 2.45) is 0 Å². The maximum Gasteiger partial charge on any atom is 0.258 e. The number of sulfonamides is 1. The van der Waals surface area contributed by atoms with Crippen molar-refractivity contribution in [3.05, 3.63) is 46.8 Å². The Hall–Kier alpha value is -2.23. The molecule has 0 saturated carbocycles. The Morgan fingerprint density at radius 3 is 2.43 bits per heavy atom. The molecular formula is C21H26N2O5S2. The first kappa shape index (κ1) is 22.5. The van der Waals surface area contributed by atoms with Crippen LogP contribution in [0.25, 0.3) is 0 Å². The molecule has 1 saturated heterocycles. The number of carbonyl (C=O) groups excluding carboxylic acids is 2. The van der Waals surface area contributed by atoms with Crippen LogP contribution in [-0.4, -0.2) is 44.1 Å². The molecule has 1 aromatic heterocycles. The van der Waals surface area contributed by atoms with Gasteiger partial charge >= 0.3 is 0 Å². The van der Waals surface area contributed by atoms with Gasteiger partial charge in [-0.15, -0.1) is 11.3 Å². The molecule has 0 atom stereocenters. The van der Waals surface area contributed by atoms with Gasteiger partial charge in [-0.3, -0.25) is 9.59 Å². The first-order valence-electron chi connectivity index (χ1n) is 10.0. The molecule has 0 radical (unpaired) electrons. The molecule has 1 N–H and O–H groups in total. The summed E-state index contributed by atoms with van der Waals surface area (Å²) in [5, 5.41) is 2.74. The number of hydrogen-bond donors (Lipinski definition) is 1. The van der Waals surface area contributed by atoms with Crippen LogP contribution in [0.2, 0.25) is 0 Å². The second kappa shape index (κ2) is 10.2. The number of carbonyl (C=O) groups is 2. The lowest BCUT2D eigenvalue weighted by molar-refractivity contribution is -0.123. The number of Topliss-reactive ketones (excluding diaryl/α,β-unsaturated/α-hetero) is 1. The molecule has 0 bridgehead atoms. The van der Waals surface area contributed by atoms with Gasteiger partial charge in [-0.25, -0.2) is 8.42 Å². The molecule has 7 nitrogen and oxygen atoms in total. The molecular weight excluding hydrogens is 424 g/mol. The number of ether oxygens (including phenoxy) is 1. The molecule has 162 valence electrons. The van der Waals surface area contributed by atoms with Gasteiger partial charge in [0.2, 0.25) is 0 Å². The van der Waals surface area contributed by atoms with E-state index in [1.807, 2.05) is 0 Å². The molecule has 1 aliphatic heterocycles. The number of rotatable bonds is 9. The fourth-order valence-electron chi connectivity index (χ4n) is 3.15.